The Kier molecular flexibility index (Phi) is 5.32. The molecule has 8 heterocycles. The number of rotatable bonds is 3. The van der Waals surface area contributed by atoms with Crippen LogP contribution in [0.4, 0.5) is 0 Å². The molecule has 0 saturated heterocycles. The van der Waals surface area contributed by atoms with Crippen molar-refractivity contribution in [3.05, 3.63) is 157 Å². The minimum atomic E-state index is 0.713. The predicted molar refractivity (Wildman–Crippen MR) is 202 cm³/mol. The Labute approximate surface area is 292 Å². The van der Waals surface area contributed by atoms with Crippen LogP contribution in [0.1, 0.15) is 11.1 Å². The van der Waals surface area contributed by atoms with Crippen LogP contribution in [0.25, 0.3) is 93.7 Å². The van der Waals surface area contributed by atoms with Crippen molar-refractivity contribution >= 4 is 82.4 Å². The lowest BCUT2D eigenvalue weighted by Crippen LogP contribution is -2.25. The van der Waals surface area contributed by atoms with Crippen molar-refractivity contribution < 1.29 is 8.83 Å². The van der Waals surface area contributed by atoms with Gasteiger partial charge < -0.3 is 8.83 Å². The molecular formula is C43H23N7O2. The normalized spacial score (nSPS) is 12.9. The third-order valence-electron chi connectivity index (χ3n) is 10.3. The van der Waals surface area contributed by atoms with Crippen LogP contribution < -0.4 is 5.48 Å². The highest BCUT2D eigenvalue weighted by molar-refractivity contribution is 6.22. The highest BCUT2D eigenvalue weighted by Gasteiger charge is 2.25. The molecule has 0 spiro atoms. The Morgan fingerprint density at radius 2 is 1.23 bits per heavy atom. The molecule has 12 aromatic rings. The van der Waals surface area contributed by atoms with E-state index in [0.717, 1.165) is 105 Å². The third kappa shape index (κ3) is 3.53. The second-order valence-electron chi connectivity index (χ2n) is 12.9. The van der Waals surface area contributed by atoms with Crippen molar-refractivity contribution in [3.8, 4) is 11.3 Å². The van der Waals surface area contributed by atoms with Crippen LogP contribution in [0.3, 0.4) is 0 Å². The number of aromatic nitrogens is 7. The summed E-state index contributed by atoms with van der Waals surface area (Å²) in [6.45, 7) is 0. The maximum Gasteiger partial charge on any atom is 0.165 e. The van der Waals surface area contributed by atoms with Crippen molar-refractivity contribution in [2.24, 2.45) is 0 Å². The molecule has 0 unspecified atom stereocenters. The molecule has 12 rings (SSSR count). The summed E-state index contributed by atoms with van der Waals surface area (Å²) in [7, 11) is 0. The monoisotopic (exact) mass is 669 g/mol. The second-order valence-corrected chi connectivity index (χ2v) is 12.9. The zero-order valence-corrected chi connectivity index (χ0v) is 27.2. The highest BCUT2D eigenvalue weighted by atomic mass is 16.3. The van der Waals surface area contributed by atoms with Gasteiger partial charge >= 0.3 is 0 Å². The predicted octanol–water partition coefficient (Wildman–Crippen LogP) is 8.91. The molecule has 0 aliphatic carbocycles. The van der Waals surface area contributed by atoms with Crippen LogP contribution in [-0.2, 0) is 0 Å². The van der Waals surface area contributed by atoms with Crippen LogP contribution in [-0.4, -0.2) is 33.7 Å². The first-order valence-corrected chi connectivity index (χ1v) is 17.0. The van der Waals surface area contributed by atoms with Crippen LogP contribution in [0.2, 0.25) is 0 Å². The summed E-state index contributed by atoms with van der Waals surface area (Å²) < 4.78 is 16.9. The van der Waals surface area contributed by atoms with E-state index < -0.39 is 0 Å². The number of hydrogen-bond acceptors (Lipinski definition) is 7. The molecule has 0 atom stereocenters. The zero-order chi connectivity index (χ0) is 33.9. The van der Waals surface area contributed by atoms with Gasteiger partial charge in [-0.15, -0.1) is 0 Å². The van der Waals surface area contributed by atoms with Crippen LogP contribution >= 0.6 is 0 Å². The Hall–Kier alpha value is -7.39. The van der Waals surface area contributed by atoms with E-state index in [1.807, 2.05) is 42.6 Å². The number of fused-ring (bicyclic) bond motifs is 9. The molecule has 0 aliphatic heterocycles. The van der Waals surface area contributed by atoms with E-state index in [1.54, 1.807) is 37.3 Å². The first kappa shape index (κ1) is 27.4. The second kappa shape index (κ2) is 10.1. The molecule has 9 heteroatoms. The number of hydrogen-bond donors (Lipinski definition) is 0. The molecule has 0 fully saturated rings. The van der Waals surface area contributed by atoms with Crippen LogP contribution in [0, 0.1) is 0 Å². The SMILES string of the molecule is c1cc(/C(c2cccc3occc23)=c2/n3c4nccnc4c4cccc(c5cccc6c7nc(-c8ccncc8)cnc7n2c56)c43)c2occc2c1. The minimum absolute atomic E-state index is 0.713. The average Bonchev–Trinajstić information content (AvgIpc) is 4.00. The lowest BCUT2D eigenvalue weighted by molar-refractivity contribution is 0.614. The highest BCUT2D eigenvalue weighted by Crippen LogP contribution is 2.39. The van der Waals surface area contributed by atoms with Crippen LogP contribution in [0.15, 0.2) is 149 Å². The van der Waals surface area contributed by atoms with E-state index >= 15 is 0 Å². The standard InChI is InChI=1S/C43H23N7O2/c1-5-25-15-21-52-40(25)30(9-1)35(27-6-4-12-34-26(27)16-22-51-34)43-49-38-28(7-2-10-31(38)36-41(49)46-20-19-45-36)29-8-3-11-32-37-42(50(43)39(29)32)47-23-33(48-37)24-13-17-44-18-14-24/h1-23H/b43-35-. The third-order valence-corrected chi connectivity index (χ3v) is 10.3. The molecule has 8 aromatic heterocycles. The molecule has 52 heavy (non-hydrogen) atoms. The lowest BCUT2D eigenvalue weighted by Gasteiger charge is -2.13. The first-order chi connectivity index (χ1) is 25.8. The number of para-hydroxylation sites is 3. The fourth-order valence-corrected chi connectivity index (χ4v) is 8.19. The molecule has 0 saturated carbocycles. The maximum atomic E-state index is 6.32. The van der Waals surface area contributed by atoms with Crippen molar-refractivity contribution in [3.63, 3.8) is 0 Å². The van der Waals surface area contributed by atoms with Gasteiger partial charge in [-0.1, -0.05) is 66.7 Å². The summed E-state index contributed by atoms with van der Waals surface area (Å²) >= 11 is 0. The summed E-state index contributed by atoms with van der Waals surface area (Å²) in [4.78, 5) is 24.8. The molecule has 0 bridgehead atoms. The van der Waals surface area contributed by atoms with Crippen molar-refractivity contribution in [1.29, 1.82) is 0 Å². The molecule has 0 aliphatic rings. The van der Waals surface area contributed by atoms with Gasteiger partial charge in [0.05, 0.1) is 35.5 Å². The van der Waals surface area contributed by atoms with E-state index in [-0.39, 0.29) is 0 Å². The minimum Gasteiger partial charge on any atom is -0.464 e. The van der Waals surface area contributed by atoms with Gasteiger partial charge in [0.15, 0.2) is 11.3 Å². The molecule has 0 radical (unpaired) electrons. The Balaban J connectivity index is 1.48. The van der Waals surface area contributed by atoms with Crippen molar-refractivity contribution in [2.75, 3.05) is 0 Å². The summed E-state index contributed by atoms with van der Waals surface area (Å²) in [5.41, 5.74) is 12.0. The summed E-state index contributed by atoms with van der Waals surface area (Å²) in [5, 5.41) is 6.09. The Morgan fingerprint density at radius 1 is 0.538 bits per heavy atom. The van der Waals surface area contributed by atoms with Gasteiger partial charge in [-0.25, -0.2) is 15.0 Å². The van der Waals surface area contributed by atoms with Gasteiger partial charge in [-0.2, -0.15) is 0 Å². The van der Waals surface area contributed by atoms with Gasteiger partial charge in [0.1, 0.15) is 27.7 Å². The molecule has 4 aromatic carbocycles. The summed E-state index contributed by atoms with van der Waals surface area (Å²) in [5.74, 6) is 0. The van der Waals surface area contributed by atoms with Crippen molar-refractivity contribution in [1.82, 2.24) is 33.7 Å². The quantitative estimate of drug-likeness (QED) is 0.185. The molecule has 242 valence electrons. The van der Waals surface area contributed by atoms with E-state index in [1.165, 1.54) is 0 Å². The number of pyridine rings is 1. The largest absolute Gasteiger partial charge is 0.464 e. The first-order valence-electron chi connectivity index (χ1n) is 17.0. The fraction of sp³-hybridized carbons (Fsp3) is 0. The number of benzene rings is 4. The van der Waals surface area contributed by atoms with Gasteiger partial charge in [0, 0.05) is 73.8 Å². The molecule has 9 nitrogen and oxygen atoms in total. The number of nitrogens with zero attached hydrogens (tertiary/aromatic N) is 7. The molecule has 0 N–H and O–H groups in total. The smallest absolute Gasteiger partial charge is 0.165 e. The number of furan rings is 2. The van der Waals surface area contributed by atoms with Gasteiger partial charge in [0.2, 0.25) is 0 Å². The van der Waals surface area contributed by atoms with Gasteiger partial charge in [0.25, 0.3) is 0 Å². The summed E-state index contributed by atoms with van der Waals surface area (Å²) in [6, 6.07) is 33.3. The molecular weight excluding hydrogens is 647 g/mol. The average molecular weight is 670 g/mol. The topological polar surface area (TPSA) is 99.5 Å². The van der Waals surface area contributed by atoms with E-state index in [4.69, 9.17) is 28.8 Å². The van der Waals surface area contributed by atoms with Crippen molar-refractivity contribution in [2.45, 2.75) is 0 Å². The lowest BCUT2D eigenvalue weighted by atomic mass is 9.94. The van der Waals surface area contributed by atoms with E-state index in [2.05, 4.69) is 74.4 Å². The Morgan fingerprint density at radius 3 is 2.08 bits per heavy atom. The van der Waals surface area contributed by atoms with Crippen LogP contribution in [0.5, 0.6) is 0 Å². The maximum absolute atomic E-state index is 6.32. The molecule has 0 amide bonds. The zero-order valence-electron chi connectivity index (χ0n) is 27.2. The van der Waals surface area contributed by atoms with Gasteiger partial charge in [-0.3, -0.25) is 18.8 Å². The summed E-state index contributed by atoms with van der Waals surface area (Å²) in [6.07, 6.45) is 12.4. The van der Waals surface area contributed by atoms with E-state index in [0.29, 0.717) is 5.65 Å². The fourth-order valence-electron chi connectivity index (χ4n) is 8.19. The van der Waals surface area contributed by atoms with E-state index in [9.17, 15) is 0 Å². The van der Waals surface area contributed by atoms with Gasteiger partial charge in [-0.05, 0) is 35.9 Å². The Bertz CT molecular complexity index is 3410.